The van der Waals surface area contributed by atoms with Gasteiger partial charge in [0.05, 0.1) is 24.3 Å². The van der Waals surface area contributed by atoms with Crippen LogP contribution >= 0.6 is 12.2 Å². The second kappa shape index (κ2) is 7.67. The Hall–Kier alpha value is -3.45. The number of benzene rings is 2. The van der Waals surface area contributed by atoms with E-state index in [4.69, 9.17) is 20.2 Å². The van der Waals surface area contributed by atoms with Crippen molar-refractivity contribution < 1.29 is 25.5 Å². The van der Waals surface area contributed by atoms with Gasteiger partial charge in [0, 0.05) is 19.6 Å². The fraction of sp³-hybridized carbons (Fsp3) is 0.238. The topological polar surface area (TPSA) is 76.4 Å². The summed E-state index contributed by atoms with van der Waals surface area (Å²) >= 11 is 5.44. The Kier molecular flexibility index (Phi) is 4.82. The Morgan fingerprint density at radius 3 is 2.52 bits per heavy atom. The zero-order valence-electron chi connectivity index (χ0n) is 18.4. The number of carbonyl (C=O) groups is 2. The molecule has 0 bridgehead atoms. The second-order valence-corrected chi connectivity index (χ2v) is 7.49. The number of nitriles is 1. The minimum Gasteiger partial charge on any atom is -0.355 e. The molecule has 1 N–H and O–H groups in total. The maximum Gasteiger partial charge on any atom is 0.417 e. The van der Waals surface area contributed by atoms with Crippen LogP contribution in [0, 0.1) is 11.3 Å². The van der Waals surface area contributed by atoms with Gasteiger partial charge in [-0.1, -0.05) is 0 Å². The highest BCUT2D eigenvalue weighted by atomic mass is 32.1. The molecule has 1 aliphatic rings. The third-order valence-corrected chi connectivity index (χ3v) is 5.18. The van der Waals surface area contributed by atoms with E-state index < -0.39 is 34.7 Å². The van der Waals surface area contributed by atoms with Gasteiger partial charge in [-0.25, -0.2) is 0 Å². The van der Waals surface area contributed by atoms with Crippen molar-refractivity contribution in [1.82, 2.24) is 5.32 Å². The minimum absolute atomic E-state index is 0.0130. The summed E-state index contributed by atoms with van der Waals surface area (Å²) in [4.78, 5) is 27.5. The molecule has 0 atom stereocenters. The van der Waals surface area contributed by atoms with E-state index in [0.717, 1.165) is 11.0 Å². The lowest BCUT2D eigenvalue weighted by Crippen LogP contribution is -2.44. The summed E-state index contributed by atoms with van der Waals surface area (Å²) in [6, 6.07) is 8.31. The molecule has 0 saturated carbocycles. The number of alkyl halides is 3. The molecule has 2 aromatic carbocycles. The van der Waals surface area contributed by atoms with Crippen molar-refractivity contribution in [3.8, 4) is 6.07 Å². The summed E-state index contributed by atoms with van der Waals surface area (Å²) in [6.07, 6.45) is -4.81. The van der Waals surface area contributed by atoms with Gasteiger partial charge >= 0.3 is 6.18 Å². The van der Waals surface area contributed by atoms with Crippen molar-refractivity contribution in [2.45, 2.75) is 25.6 Å². The smallest absolute Gasteiger partial charge is 0.355 e. The molecule has 0 spiro atoms. The molecular weight excluding hydrogens is 429 g/mol. The fourth-order valence-electron chi connectivity index (χ4n) is 3.25. The van der Waals surface area contributed by atoms with E-state index in [1.54, 1.807) is 0 Å². The van der Waals surface area contributed by atoms with Crippen molar-refractivity contribution in [2.24, 2.45) is 0 Å². The average molecular weight is 448 g/mol. The summed E-state index contributed by atoms with van der Waals surface area (Å²) in [5, 5.41) is 11.2. The van der Waals surface area contributed by atoms with Gasteiger partial charge in [0.2, 0.25) is 0 Å². The number of nitrogens with zero attached hydrogens (tertiary/aromatic N) is 3. The molecular formula is C21H17F3N4O2S. The maximum atomic E-state index is 13.4. The highest BCUT2D eigenvalue weighted by Gasteiger charge is 2.50. The van der Waals surface area contributed by atoms with Crippen LogP contribution in [0.4, 0.5) is 24.5 Å². The third kappa shape index (κ3) is 3.72. The number of hydrogen-bond donors (Lipinski definition) is 1. The molecule has 0 unspecified atom stereocenters. The van der Waals surface area contributed by atoms with Crippen LogP contribution in [0.15, 0.2) is 42.4 Å². The van der Waals surface area contributed by atoms with Gasteiger partial charge in [0.25, 0.3) is 11.8 Å². The van der Waals surface area contributed by atoms with Crippen LogP contribution in [0.25, 0.3) is 0 Å². The van der Waals surface area contributed by atoms with Gasteiger partial charge in [-0.15, -0.1) is 0 Å². The Bertz CT molecular complexity index is 1210. The van der Waals surface area contributed by atoms with Gasteiger partial charge < -0.3 is 10.2 Å². The van der Waals surface area contributed by atoms with E-state index in [-0.39, 0.29) is 35.1 Å². The van der Waals surface area contributed by atoms with Gasteiger partial charge in [0.15, 0.2) is 5.11 Å². The third-order valence-electron chi connectivity index (χ3n) is 4.81. The predicted molar refractivity (Wildman–Crippen MR) is 113 cm³/mol. The van der Waals surface area contributed by atoms with Gasteiger partial charge in [-0.3, -0.25) is 14.5 Å². The number of halogens is 3. The molecule has 2 amide bonds. The van der Waals surface area contributed by atoms with Crippen molar-refractivity contribution in [1.29, 1.82) is 5.26 Å². The average Bonchev–Trinajstić information content (AvgIpc) is 2.90. The highest BCUT2D eigenvalue weighted by molar-refractivity contribution is 7.81. The lowest BCUT2D eigenvalue weighted by atomic mass is 10.0. The molecule has 1 heterocycles. The Morgan fingerprint density at radius 2 is 1.94 bits per heavy atom. The molecule has 10 heteroatoms. The number of anilines is 2. The first-order chi connectivity index (χ1) is 15.3. The van der Waals surface area contributed by atoms with Crippen LogP contribution in [0.3, 0.4) is 0 Å². The molecule has 0 radical (unpaired) electrons. The number of amides is 2. The Labute approximate surface area is 184 Å². The van der Waals surface area contributed by atoms with E-state index in [0.29, 0.717) is 6.07 Å². The lowest BCUT2D eigenvalue weighted by molar-refractivity contribution is -0.137. The van der Waals surface area contributed by atoms with Crippen LogP contribution in [-0.2, 0) is 11.0 Å². The van der Waals surface area contributed by atoms with Gasteiger partial charge in [0.1, 0.15) is 5.54 Å². The quantitative estimate of drug-likeness (QED) is 0.722. The summed E-state index contributed by atoms with van der Waals surface area (Å²) in [6.45, 7) is 3.06. The number of rotatable bonds is 3. The second-order valence-electron chi connectivity index (χ2n) is 7.12. The molecule has 0 aliphatic carbocycles. The fourth-order valence-corrected chi connectivity index (χ4v) is 3.77. The first kappa shape index (κ1) is 19.5. The van der Waals surface area contributed by atoms with E-state index in [9.17, 15) is 22.8 Å². The first-order valence-corrected chi connectivity index (χ1v) is 9.23. The van der Waals surface area contributed by atoms with Gasteiger partial charge in [-0.2, -0.15) is 18.4 Å². The van der Waals surface area contributed by atoms with Crippen LogP contribution in [0.1, 0.15) is 38.1 Å². The highest BCUT2D eigenvalue weighted by Crippen LogP contribution is 2.39. The minimum atomic E-state index is -4.81. The molecule has 1 fully saturated rings. The molecule has 0 aromatic heterocycles. The lowest BCUT2D eigenvalue weighted by Gasteiger charge is -2.29. The molecule has 1 aliphatic heterocycles. The number of thiocarbonyl (C=S) groups is 1. The van der Waals surface area contributed by atoms with Crippen molar-refractivity contribution in [3.05, 3.63) is 59.1 Å². The van der Waals surface area contributed by atoms with Crippen LogP contribution in [0.2, 0.25) is 0 Å². The van der Waals surface area contributed by atoms with Crippen molar-refractivity contribution in [2.75, 3.05) is 16.8 Å². The Morgan fingerprint density at radius 1 is 1.26 bits per heavy atom. The summed E-state index contributed by atoms with van der Waals surface area (Å²) in [7, 11) is -0.364. The summed E-state index contributed by atoms with van der Waals surface area (Å²) in [5.74, 6) is -1.22. The van der Waals surface area contributed by atoms with E-state index >= 15 is 0 Å². The standard InChI is InChI=1S/C21H17F3N4O2S/c1-20(2)18(30)27(15-9-6-13(11-25)16(10-15)21(22,23)24)19(31)28(20)14-7-4-12(5-8-14)17(29)26-3/h4-10H,1-3H3,(H,26,29)/i3D,4D. The first-order valence-electron chi connectivity index (χ1n) is 10.0. The molecule has 1 saturated heterocycles. The molecule has 31 heavy (non-hydrogen) atoms. The van der Waals surface area contributed by atoms with E-state index in [1.807, 2.05) is 0 Å². The Balaban J connectivity index is 2.07. The van der Waals surface area contributed by atoms with E-state index in [1.165, 1.54) is 49.1 Å². The normalized spacial score (nSPS) is 16.6. The largest absolute Gasteiger partial charge is 0.417 e. The number of nitrogens with one attached hydrogen (secondary N) is 1. The van der Waals surface area contributed by atoms with Crippen molar-refractivity contribution in [3.63, 3.8) is 0 Å². The van der Waals surface area contributed by atoms with E-state index in [2.05, 4.69) is 5.32 Å². The zero-order chi connectivity index (χ0) is 24.7. The molecule has 6 nitrogen and oxygen atoms in total. The van der Waals surface area contributed by atoms with Gasteiger partial charge in [-0.05, 0) is 68.5 Å². The van der Waals surface area contributed by atoms with Crippen LogP contribution < -0.4 is 15.1 Å². The number of carbonyl (C=O) groups excluding carboxylic acids is 2. The van der Waals surface area contributed by atoms with Crippen LogP contribution in [-0.4, -0.2) is 29.5 Å². The molecule has 3 rings (SSSR count). The monoisotopic (exact) mass is 448 g/mol. The SMILES string of the molecule is [2H]CNC(=O)c1ccc(N2C(=S)N(c3ccc(C#N)c(C(F)(F)F)c3)C(=O)C2(C)C)cc1[2H]. The zero-order valence-corrected chi connectivity index (χ0v) is 17.2. The molecule has 2 aromatic rings. The number of hydrogen-bond acceptors (Lipinski definition) is 4. The predicted octanol–water partition coefficient (Wildman–Crippen LogP) is 3.85. The van der Waals surface area contributed by atoms with Crippen LogP contribution in [0.5, 0.6) is 0 Å². The summed E-state index contributed by atoms with van der Waals surface area (Å²) in [5.41, 5.74) is -2.94. The maximum absolute atomic E-state index is 13.4. The molecule has 160 valence electrons. The summed E-state index contributed by atoms with van der Waals surface area (Å²) < 4.78 is 55.5. The van der Waals surface area contributed by atoms with Crippen molar-refractivity contribution >= 4 is 40.5 Å².